The van der Waals surface area contributed by atoms with Crippen molar-refractivity contribution in [3.8, 4) is 5.97 Å². The summed E-state index contributed by atoms with van der Waals surface area (Å²) in [5.41, 5.74) is 0. The fourth-order valence-corrected chi connectivity index (χ4v) is 0. The Morgan fingerprint density at radius 1 is 1.29 bits per heavy atom. The van der Waals surface area contributed by atoms with Crippen LogP contribution in [0.1, 0.15) is 0 Å². The Hall–Kier alpha value is 0.670. The monoisotopic (exact) mass is 83.0 g/mol. The summed E-state index contributed by atoms with van der Waals surface area (Å²) in [7, 11) is -2.31. The zero-order valence-electron chi connectivity index (χ0n) is 4.34. The molecule has 0 rings (SSSR count). The molecule has 0 saturated carbocycles. The van der Waals surface area contributed by atoms with Crippen molar-refractivity contribution in [1.82, 2.24) is 0 Å². The van der Waals surface area contributed by atoms with Crippen LogP contribution in [-0.2, 0) is 0 Å². The van der Waals surface area contributed by atoms with Crippen molar-refractivity contribution >= 4 is 7.12 Å². The summed E-state index contributed by atoms with van der Waals surface area (Å²) in [5, 5.41) is 25.2. The zero-order chi connectivity index (χ0) is 4.28. The molecule has 0 saturated heterocycles. The Balaban J connectivity index is -0.0000000800. The maximum absolute atomic E-state index is 8.98. The molecular weight excluding hydrogens is 82.7 g/mol. The summed E-state index contributed by atoms with van der Waals surface area (Å²) in [4.78, 5) is 0. The van der Waals surface area contributed by atoms with Crippen LogP contribution in [0.3, 0.4) is 0 Å². The van der Waals surface area contributed by atoms with Crippen LogP contribution in [-0.4, -0.2) is 7.12 Å². The van der Waals surface area contributed by atoms with E-state index in [1.165, 1.54) is 0 Å². The van der Waals surface area contributed by atoms with Crippen LogP contribution >= 0.6 is 0 Å². The molecule has 0 spiro atoms. The maximum Gasteiger partial charge on any atom is 1.00 e. The first-order chi connectivity index (χ1) is 2.27. The molecule has 0 unspecified atom stereocenters. The van der Waals surface area contributed by atoms with Gasteiger partial charge in [0.1, 0.15) is 0 Å². The summed E-state index contributed by atoms with van der Waals surface area (Å²) in [5.74, 6) is 0.917. The fourth-order valence-electron chi connectivity index (χ4n) is 0. The van der Waals surface area contributed by atoms with Gasteiger partial charge in [-0.3, -0.25) is 0 Å². The third-order valence-corrected chi connectivity index (χ3v) is 0.105. The summed E-state index contributed by atoms with van der Waals surface area (Å²) in [6.07, 6.45) is 0. The Kier molecular flexibility index (Phi) is 22.0. The van der Waals surface area contributed by atoms with Crippen molar-refractivity contribution in [2.45, 2.75) is 0 Å². The van der Waals surface area contributed by atoms with Gasteiger partial charge in [0.2, 0.25) is 0 Å². The van der Waals surface area contributed by atoms with Crippen molar-refractivity contribution < 1.29 is 47.8 Å². The number of rotatable bonds is 0. The summed E-state index contributed by atoms with van der Waals surface area (Å²) >= 11 is 0. The van der Waals surface area contributed by atoms with Crippen LogP contribution in [0.5, 0.6) is 0 Å². The molecule has 26 valence electrons. The van der Waals surface area contributed by atoms with Gasteiger partial charge in [-0.05, 0) is 5.97 Å². The number of nitrogens with zero attached hydrogens (tertiary/aromatic N) is 1. The molecule has 0 N–H and O–H groups in total. The average Bonchev–Trinajstić information content (AvgIpc) is 1.38. The van der Waals surface area contributed by atoms with Gasteiger partial charge in [0.25, 0.3) is 0 Å². The van der Waals surface area contributed by atoms with Gasteiger partial charge in [0.15, 0.2) is 0 Å². The van der Waals surface area contributed by atoms with Crippen LogP contribution in [0.15, 0.2) is 0 Å². The third kappa shape index (κ3) is 20.4. The quantitative estimate of drug-likeness (QED) is 0.273. The van der Waals surface area contributed by atoms with Crippen molar-refractivity contribution in [1.29, 1.82) is 5.26 Å². The van der Waals surface area contributed by atoms with E-state index >= 15 is 0 Å². The van der Waals surface area contributed by atoms with Gasteiger partial charge in [0.05, 0.1) is 0 Å². The zero-order valence-corrected chi connectivity index (χ0v) is 4.34. The minimum Gasteiger partial charge on any atom is -0.881 e. The molecular formula is CBLi2NO2. The molecule has 0 aromatic carbocycles. The molecule has 0 atom stereocenters. The normalized spacial score (nSPS) is 4.14. The summed E-state index contributed by atoms with van der Waals surface area (Å²) in [6.45, 7) is 0. The predicted octanol–water partition coefficient (Wildman–Crippen LogP) is -8.73. The van der Waals surface area contributed by atoms with E-state index < -0.39 is 7.12 Å². The molecule has 0 heterocycles. The number of hydrogen-bond acceptors (Lipinski definition) is 3. The second-order valence-corrected chi connectivity index (χ2v) is 0.461. The Labute approximate surface area is 66.2 Å². The second kappa shape index (κ2) is 9.83. The van der Waals surface area contributed by atoms with E-state index in [9.17, 15) is 0 Å². The van der Waals surface area contributed by atoms with Gasteiger partial charge in [-0.2, -0.15) is 0 Å². The van der Waals surface area contributed by atoms with Crippen molar-refractivity contribution in [2.75, 3.05) is 0 Å². The van der Waals surface area contributed by atoms with E-state index in [4.69, 9.17) is 15.3 Å². The maximum atomic E-state index is 8.98. The summed E-state index contributed by atoms with van der Waals surface area (Å²) < 4.78 is 0. The van der Waals surface area contributed by atoms with Crippen LogP contribution in [0, 0.1) is 11.2 Å². The first-order valence-electron chi connectivity index (χ1n) is 0.984. The standard InChI is InChI=1S/CBNO2.2Li/c3-1-2(4)5;;/q-2;2*+1. The first kappa shape index (κ1) is 15.6. The molecule has 0 amide bonds. The molecule has 0 aliphatic heterocycles. The third-order valence-electron chi connectivity index (χ3n) is 0.105. The van der Waals surface area contributed by atoms with E-state index in [0.717, 1.165) is 5.97 Å². The van der Waals surface area contributed by atoms with Crippen molar-refractivity contribution in [3.05, 3.63) is 0 Å². The largest absolute Gasteiger partial charge is 1.00 e. The van der Waals surface area contributed by atoms with Crippen LogP contribution in [0.25, 0.3) is 0 Å². The molecule has 0 aliphatic carbocycles. The van der Waals surface area contributed by atoms with Crippen molar-refractivity contribution in [3.63, 3.8) is 0 Å². The SMILES string of the molecule is N#CB([O-])[O-].[Li+].[Li+]. The van der Waals surface area contributed by atoms with E-state index in [0.29, 0.717) is 0 Å². The average molecular weight is 82.7 g/mol. The molecule has 3 nitrogen and oxygen atoms in total. The molecule has 6 heteroatoms. The van der Waals surface area contributed by atoms with Gasteiger partial charge >= 0.3 is 37.7 Å². The van der Waals surface area contributed by atoms with E-state index in [2.05, 4.69) is 0 Å². The van der Waals surface area contributed by atoms with Gasteiger partial charge < -0.3 is 10.0 Å². The number of hydrogen-bond donors (Lipinski definition) is 0. The van der Waals surface area contributed by atoms with Gasteiger partial charge in [0, 0.05) is 7.12 Å². The minimum absolute atomic E-state index is 0. The van der Waals surface area contributed by atoms with Gasteiger partial charge in [-0.15, -0.1) is 0 Å². The van der Waals surface area contributed by atoms with Crippen LogP contribution in [0.4, 0.5) is 0 Å². The van der Waals surface area contributed by atoms with Gasteiger partial charge in [-0.25, -0.2) is 5.26 Å². The topological polar surface area (TPSA) is 69.9 Å². The molecule has 0 radical (unpaired) electrons. The fraction of sp³-hybridized carbons (Fsp3) is 0. The second-order valence-electron chi connectivity index (χ2n) is 0.461. The van der Waals surface area contributed by atoms with Crippen LogP contribution < -0.4 is 47.8 Å². The van der Waals surface area contributed by atoms with E-state index in [1.54, 1.807) is 0 Å². The molecule has 0 bridgehead atoms. The Morgan fingerprint density at radius 2 is 1.43 bits per heavy atom. The molecule has 0 aliphatic rings. The summed E-state index contributed by atoms with van der Waals surface area (Å²) in [6, 6.07) is 0. The smallest absolute Gasteiger partial charge is 0.881 e. The van der Waals surface area contributed by atoms with Crippen molar-refractivity contribution in [2.24, 2.45) is 0 Å². The molecule has 0 fully saturated rings. The minimum atomic E-state index is -2.31. The van der Waals surface area contributed by atoms with Gasteiger partial charge in [-0.1, -0.05) is 0 Å². The number of nitriles is 1. The van der Waals surface area contributed by atoms with E-state index in [-0.39, 0.29) is 37.7 Å². The Morgan fingerprint density at radius 3 is 1.43 bits per heavy atom. The first-order valence-corrected chi connectivity index (χ1v) is 0.984. The predicted molar refractivity (Wildman–Crippen MR) is 11.4 cm³/mol. The molecule has 0 aromatic heterocycles. The van der Waals surface area contributed by atoms with E-state index in [1.807, 2.05) is 0 Å². The van der Waals surface area contributed by atoms with Crippen LogP contribution in [0.2, 0.25) is 0 Å². The molecule has 7 heavy (non-hydrogen) atoms. The Bertz CT molecular complexity index is 61.2. The molecule has 0 aromatic rings.